The maximum atomic E-state index is 13.8. The van der Waals surface area contributed by atoms with Gasteiger partial charge in [0.15, 0.2) is 5.69 Å². The molecule has 2 aliphatic rings. The number of halogens is 5. The van der Waals surface area contributed by atoms with E-state index in [1.807, 2.05) is 0 Å². The minimum absolute atomic E-state index is 0.0811. The molecule has 1 saturated heterocycles. The highest BCUT2D eigenvalue weighted by atomic mass is 19.4. The summed E-state index contributed by atoms with van der Waals surface area (Å²) < 4.78 is 69.7. The van der Waals surface area contributed by atoms with Crippen LogP contribution in [-0.4, -0.2) is 63.3 Å². The fourth-order valence-corrected chi connectivity index (χ4v) is 5.22. The zero-order chi connectivity index (χ0) is 27.5. The molecule has 4 rings (SSSR count). The van der Waals surface area contributed by atoms with Gasteiger partial charge < -0.3 is 15.3 Å². The van der Waals surface area contributed by atoms with Gasteiger partial charge in [-0.15, -0.1) is 0 Å². The van der Waals surface area contributed by atoms with Gasteiger partial charge >= 0.3 is 12.1 Å². The molecular weight excluding hydrogens is 511 g/mol. The third-order valence-corrected chi connectivity index (χ3v) is 7.28. The third kappa shape index (κ3) is 6.89. The number of carbonyl (C=O) groups is 2. The molecule has 7 nitrogen and oxygen atoms in total. The number of hydrogen-bond acceptors (Lipinski definition) is 4. The number of carboxylic acids is 1. The molecule has 0 unspecified atom stereocenters. The van der Waals surface area contributed by atoms with Crippen LogP contribution in [0.25, 0.3) is 11.3 Å². The Morgan fingerprint density at radius 3 is 2.42 bits per heavy atom. The molecule has 2 heterocycles. The predicted octanol–water partition coefficient (Wildman–Crippen LogP) is 5.38. The summed E-state index contributed by atoms with van der Waals surface area (Å²) in [5.74, 6) is -4.54. The van der Waals surface area contributed by atoms with Gasteiger partial charge in [-0.2, -0.15) is 18.3 Å². The van der Waals surface area contributed by atoms with E-state index < -0.39 is 35.6 Å². The van der Waals surface area contributed by atoms with Crippen molar-refractivity contribution in [3.63, 3.8) is 0 Å². The van der Waals surface area contributed by atoms with Crippen molar-refractivity contribution in [2.75, 3.05) is 19.6 Å². The Hall–Kier alpha value is -3.02. The van der Waals surface area contributed by atoms with Gasteiger partial charge in [-0.3, -0.25) is 14.3 Å². The highest BCUT2D eigenvalue weighted by Crippen LogP contribution is 2.40. The van der Waals surface area contributed by atoms with Crippen LogP contribution in [0.1, 0.15) is 73.5 Å². The van der Waals surface area contributed by atoms with E-state index in [0.29, 0.717) is 6.54 Å². The number of carboxylic acid groups (broad SMARTS) is 1. The monoisotopic (exact) mass is 542 g/mol. The van der Waals surface area contributed by atoms with Crippen LogP contribution in [0.2, 0.25) is 0 Å². The standard InChI is InChI=1S/C26H31F5N4O3/c27-25(28)10-13-34(14-11-25)12-9-17(15-23(36)37)32-24(38)21-16-22(35(33-21)18-5-1-2-6-18)19-7-3-4-8-20(19)26(29,30)31/h3-4,7-8,16-18H,1-2,5-6,9-15H2,(H,32,38)(H,36,37)/t17-/m0/s1. The molecule has 2 fully saturated rings. The number of benzene rings is 1. The van der Waals surface area contributed by atoms with Crippen molar-refractivity contribution in [1.82, 2.24) is 20.0 Å². The first-order valence-electron chi connectivity index (χ1n) is 12.8. The van der Waals surface area contributed by atoms with Crippen molar-refractivity contribution >= 4 is 11.9 Å². The van der Waals surface area contributed by atoms with Gasteiger partial charge in [-0.1, -0.05) is 31.0 Å². The lowest BCUT2D eigenvalue weighted by Gasteiger charge is -2.32. The van der Waals surface area contributed by atoms with Gasteiger partial charge in [0.05, 0.1) is 23.7 Å². The SMILES string of the molecule is O=C(O)C[C@H](CCN1CCC(F)(F)CC1)NC(=O)c1cc(-c2ccccc2C(F)(F)F)n(C2CCCC2)n1. The fourth-order valence-electron chi connectivity index (χ4n) is 5.22. The number of aromatic nitrogens is 2. The molecule has 12 heteroatoms. The topological polar surface area (TPSA) is 87.5 Å². The quantitative estimate of drug-likeness (QED) is 0.416. The van der Waals surface area contributed by atoms with Gasteiger partial charge in [0, 0.05) is 44.1 Å². The lowest BCUT2D eigenvalue weighted by Crippen LogP contribution is -2.43. The number of alkyl halides is 5. The largest absolute Gasteiger partial charge is 0.481 e. The van der Waals surface area contributed by atoms with Crippen molar-refractivity contribution in [3.05, 3.63) is 41.6 Å². The lowest BCUT2D eigenvalue weighted by atomic mass is 10.0. The molecule has 0 bridgehead atoms. The second kappa shape index (κ2) is 11.4. The van der Waals surface area contributed by atoms with E-state index in [1.54, 1.807) is 4.90 Å². The van der Waals surface area contributed by atoms with E-state index in [2.05, 4.69) is 10.4 Å². The van der Waals surface area contributed by atoms with Crippen LogP contribution in [-0.2, 0) is 11.0 Å². The molecule has 1 atom stereocenters. The van der Waals surface area contributed by atoms with Crippen LogP contribution in [0.4, 0.5) is 22.0 Å². The minimum Gasteiger partial charge on any atom is -0.481 e. The van der Waals surface area contributed by atoms with Crippen molar-refractivity contribution in [1.29, 1.82) is 0 Å². The van der Waals surface area contributed by atoms with Crippen molar-refractivity contribution < 1.29 is 36.6 Å². The fraction of sp³-hybridized carbons (Fsp3) is 0.577. The first-order chi connectivity index (χ1) is 17.9. The van der Waals surface area contributed by atoms with Crippen LogP contribution >= 0.6 is 0 Å². The molecule has 1 amide bonds. The highest BCUT2D eigenvalue weighted by molar-refractivity contribution is 5.94. The van der Waals surface area contributed by atoms with E-state index in [9.17, 15) is 36.6 Å². The van der Waals surface area contributed by atoms with Crippen LogP contribution in [0.5, 0.6) is 0 Å². The Morgan fingerprint density at radius 2 is 1.79 bits per heavy atom. The van der Waals surface area contributed by atoms with Crippen LogP contribution in [0.3, 0.4) is 0 Å². The number of carbonyl (C=O) groups excluding carboxylic acids is 1. The molecule has 1 saturated carbocycles. The van der Waals surface area contributed by atoms with Gasteiger partial charge in [-0.25, -0.2) is 8.78 Å². The summed E-state index contributed by atoms with van der Waals surface area (Å²) in [7, 11) is 0. The molecule has 38 heavy (non-hydrogen) atoms. The number of nitrogens with one attached hydrogen (secondary N) is 1. The minimum atomic E-state index is -4.60. The van der Waals surface area contributed by atoms with Crippen LogP contribution in [0, 0.1) is 0 Å². The number of piperidine rings is 1. The third-order valence-electron chi connectivity index (χ3n) is 7.28. The Labute approximate surface area is 217 Å². The summed E-state index contributed by atoms with van der Waals surface area (Å²) in [6.45, 7) is 0.679. The summed E-state index contributed by atoms with van der Waals surface area (Å²) in [6, 6.07) is 5.50. The summed E-state index contributed by atoms with van der Waals surface area (Å²) in [5, 5.41) is 16.4. The number of rotatable bonds is 9. The van der Waals surface area contributed by atoms with Crippen molar-refractivity contribution in [3.8, 4) is 11.3 Å². The Balaban J connectivity index is 1.55. The Bertz CT molecular complexity index is 1130. The number of amides is 1. The maximum Gasteiger partial charge on any atom is 0.417 e. The van der Waals surface area contributed by atoms with Crippen molar-refractivity contribution in [2.24, 2.45) is 0 Å². The number of likely N-dealkylation sites (tertiary alicyclic amines) is 1. The molecule has 1 aromatic heterocycles. The average molecular weight is 543 g/mol. The summed E-state index contributed by atoms with van der Waals surface area (Å²) in [4.78, 5) is 26.4. The number of hydrogen-bond donors (Lipinski definition) is 2. The molecule has 1 aliphatic carbocycles. The molecule has 208 valence electrons. The molecular formula is C26H31F5N4O3. The van der Waals surface area contributed by atoms with E-state index in [1.165, 1.54) is 28.9 Å². The van der Waals surface area contributed by atoms with Crippen LogP contribution < -0.4 is 5.32 Å². The first kappa shape index (κ1) is 28.0. The molecule has 0 radical (unpaired) electrons. The second-order valence-electron chi connectivity index (χ2n) is 10.1. The number of aliphatic carboxylic acids is 1. The predicted molar refractivity (Wildman–Crippen MR) is 129 cm³/mol. The maximum absolute atomic E-state index is 13.8. The zero-order valence-electron chi connectivity index (χ0n) is 20.8. The van der Waals surface area contributed by atoms with Gasteiger partial charge in [0.2, 0.25) is 0 Å². The van der Waals surface area contributed by atoms with Gasteiger partial charge in [0.25, 0.3) is 11.8 Å². The lowest BCUT2D eigenvalue weighted by molar-refractivity contribution is -0.138. The molecule has 1 aromatic carbocycles. The van der Waals surface area contributed by atoms with E-state index >= 15 is 0 Å². The number of nitrogens with zero attached hydrogens (tertiary/aromatic N) is 3. The van der Waals surface area contributed by atoms with E-state index in [-0.39, 0.29) is 61.8 Å². The van der Waals surface area contributed by atoms with Gasteiger partial charge in [-0.05, 0) is 31.4 Å². The second-order valence-corrected chi connectivity index (χ2v) is 10.1. The van der Waals surface area contributed by atoms with Crippen LogP contribution in [0.15, 0.2) is 30.3 Å². The summed E-state index contributed by atoms with van der Waals surface area (Å²) in [5.41, 5.74) is -0.833. The normalized spacial score (nSPS) is 19.4. The zero-order valence-corrected chi connectivity index (χ0v) is 20.8. The van der Waals surface area contributed by atoms with Gasteiger partial charge in [0.1, 0.15) is 0 Å². The van der Waals surface area contributed by atoms with Crippen molar-refractivity contribution in [2.45, 2.75) is 75.5 Å². The summed E-state index contributed by atoms with van der Waals surface area (Å²) >= 11 is 0. The Morgan fingerprint density at radius 1 is 1.13 bits per heavy atom. The molecule has 1 aliphatic heterocycles. The summed E-state index contributed by atoms with van der Waals surface area (Å²) in [6.07, 6.45) is -2.08. The molecule has 2 N–H and O–H groups in total. The molecule has 2 aromatic rings. The van der Waals surface area contributed by atoms with E-state index in [4.69, 9.17) is 0 Å². The van der Waals surface area contributed by atoms with E-state index in [0.717, 1.165) is 31.7 Å². The smallest absolute Gasteiger partial charge is 0.417 e. The first-order valence-corrected chi connectivity index (χ1v) is 12.8. The average Bonchev–Trinajstić information content (AvgIpc) is 3.52. The highest BCUT2D eigenvalue weighted by Gasteiger charge is 2.36. The Kier molecular flexibility index (Phi) is 8.39. The molecule has 0 spiro atoms.